The lowest BCUT2D eigenvalue weighted by Crippen LogP contribution is -2.15. The van der Waals surface area contributed by atoms with Gasteiger partial charge in [-0.2, -0.15) is 0 Å². The fourth-order valence-electron chi connectivity index (χ4n) is 1.12. The van der Waals surface area contributed by atoms with Crippen molar-refractivity contribution in [1.82, 2.24) is 0 Å². The molecule has 0 spiro atoms. The lowest BCUT2D eigenvalue weighted by atomic mass is 10.2. The highest BCUT2D eigenvalue weighted by Crippen LogP contribution is 2.03. The molecule has 2 N–H and O–H groups in total. The fraction of sp³-hybridized carbons (Fsp3) is 0.500. The average Bonchev–Trinajstić information content (AvgIpc) is 2.27. The topological polar surface area (TPSA) is 93.1 Å². The van der Waals surface area contributed by atoms with Crippen molar-refractivity contribution < 1.29 is 29.3 Å². The third-order valence-electron chi connectivity index (χ3n) is 1.98. The molecule has 1 unspecified atom stereocenters. The third kappa shape index (κ3) is 6.82. The van der Waals surface area contributed by atoms with E-state index in [9.17, 15) is 9.59 Å². The van der Waals surface area contributed by atoms with Crippen LogP contribution in [0.1, 0.15) is 13.8 Å². The molecule has 0 fully saturated rings. The minimum atomic E-state index is -1.17. The summed E-state index contributed by atoms with van der Waals surface area (Å²) in [6, 6.07) is 0. The monoisotopic (exact) mass is 258 g/mol. The SMILES string of the molecule is C=C(COCC(=CC(C)OCC)C(=O)O)C(=O)O. The highest BCUT2D eigenvalue weighted by atomic mass is 16.5. The van der Waals surface area contributed by atoms with E-state index in [1.165, 1.54) is 6.08 Å². The molecule has 18 heavy (non-hydrogen) atoms. The maximum absolute atomic E-state index is 10.9. The Labute approximate surface area is 106 Å². The first-order valence-corrected chi connectivity index (χ1v) is 5.42. The number of hydrogen-bond acceptors (Lipinski definition) is 4. The summed E-state index contributed by atoms with van der Waals surface area (Å²) in [5, 5.41) is 17.5. The van der Waals surface area contributed by atoms with Crippen LogP contribution < -0.4 is 0 Å². The van der Waals surface area contributed by atoms with Crippen molar-refractivity contribution in [2.24, 2.45) is 0 Å². The summed E-state index contributed by atoms with van der Waals surface area (Å²) < 4.78 is 10.2. The molecule has 0 amide bonds. The number of ether oxygens (including phenoxy) is 2. The molecule has 6 heteroatoms. The number of carboxylic acid groups (broad SMARTS) is 2. The number of carboxylic acids is 2. The Balaban J connectivity index is 4.34. The van der Waals surface area contributed by atoms with Crippen LogP contribution in [0.3, 0.4) is 0 Å². The van der Waals surface area contributed by atoms with Crippen LogP contribution in [0.5, 0.6) is 0 Å². The van der Waals surface area contributed by atoms with Crippen LogP contribution in [0.4, 0.5) is 0 Å². The minimum absolute atomic E-state index is 0.0224. The quantitative estimate of drug-likeness (QED) is 0.601. The Kier molecular flexibility index (Phi) is 7.66. The Morgan fingerprint density at radius 3 is 2.33 bits per heavy atom. The van der Waals surface area contributed by atoms with Gasteiger partial charge in [0, 0.05) is 6.61 Å². The van der Waals surface area contributed by atoms with Crippen LogP contribution in [-0.2, 0) is 19.1 Å². The average molecular weight is 258 g/mol. The maximum atomic E-state index is 10.9. The van der Waals surface area contributed by atoms with Crippen molar-refractivity contribution in [1.29, 1.82) is 0 Å². The number of carbonyl (C=O) groups is 2. The van der Waals surface area contributed by atoms with Crippen molar-refractivity contribution in [2.45, 2.75) is 20.0 Å². The van der Waals surface area contributed by atoms with E-state index in [0.717, 1.165) is 0 Å². The number of rotatable bonds is 9. The van der Waals surface area contributed by atoms with Crippen LogP contribution in [-0.4, -0.2) is 48.1 Å². The normalized spacial score (nSPS) is 13.1. The first-order valence-electron chi connectivity index (χ1n) is 5.42. The van der Waals surface area contributed by atoms with E-state index < -0.39 is 11.9 Å². The van der Waals surface area contributed by atoms with Crippen LogP contribution >= 0.6 is 0 Å². The van der Waals surface area contributed by atoms with Crippen LogP contribution in [0, 0.1) is 0 Å². The predicted molar refractivity (Wildman–Crippen MR) is 64.4 cm³/mol. The molecule has 0 aliphatic carbocycles. The molecule has 0 saturated carbocycles. The predicted octanol–water partition coefficient (Wildman–Crippen LogP) is 1.08. The van der Waals surface area contributed by atoms with E-state index in [2.05, 4.69) is 6.58 Å². The summed E-state index contributed by atoms with van der Waals surface area (Å²) in [7, 11) is 0. The molecule has 0 heterocycles. The van der Waals surface area contributed by atoms with Crippen molar-refractivity contribution in [2.75, 3.05) is 19.8 Å². The van der Waals surface area contributed by atoms with Gasteiger partial charge in [0.15, 0.2) is 0 Å². The molecule has 0 bridgehead atoms. The molecule has 0 aliphatic rings. The van der Waals surface area contributed by atoms with E-state index in [0.29, 0.717) is 6.61 Å². The van der Waals surface area contributed by atoms with Crippen molar-refractivity contribution >= 4 is 11.9 Å². The molecule has 0 aliphatic heterocycles. The highest BCUT2D eigenvalue weighted by molar-refractivity contribution is 5.87. The van der Waals surface area contributed by atoms with Gasteiger partial charge in [0.1, 0.15) is 0 Å². The van der Waals surface area contributed by atoms with Gasteiger partial charge in [0.05, 0.1) is 30.5 Å². The van der Waals surface area contributed by atoms with Crippen LogP contribution in [0.15, 0.2) is 23.8 Å². The summed E-state index contributed by atoms with van der Waals surface area (Å²) in [5.74, 6) is -2.29. The second-order valence-corrected chi connectivity index (χ2v) is 3.56. The molecule has 102 valence electrons. The molecular formula is C12H18O6. The van der Waals surface area contributed by atoms with Crippen LogP contribution in [0.25, 0.3) is 0 Å². The Morgan fingerprint density at radius 2 is 1.89 bits per heavy atom. The summed E-state index contributed by atoms with van der Waals surface area (Å²) >= 11 is 0. The summed E-state index contributed by atoms with van der Waals surface area (Å²) in [6.45, 7) is 6.84. The van der Waals surface area contributed by atoms with Crippen molar-refractivity contribution in [3.05, 3.63) is 23.8 Å². The van der Waals surface area contributed by atoms with Crippen molar-refractivity contribution in [3.8, 4) is 0 Å². The van der Waals surface area contributed by atoms with Gasteiger partial charge >= 0.3 is 11.9 Å². The van der Waals surface area contributed by atoms with Gasteiger partial charge < -0.3 is 19.7 Å². The van der Waals surface area contributed by atoms with E-state index in [1.54, 1.807) is 13.8 Å². The lowest BCUT2D eigenvalue weighted by molar-refractivity contribution is -0.133. The Bertz CT molecular complexity index is 344. The number of hydrogen-bond donors (Lipinski definition) is 2. The van der Waals surface area contributed by atoms with Gasteiger partial charge in [-0.05, 0) is 19.9 Å². The fourth-order valence-corrected chi connectivity index (χ4v) is 1.12. The largest absolute Gasteiger partial charge is 0.478 e. The van der Waals surface area contributed by atoms with E-state index >= 15 is 0 Å². The van der Waals surface area contributed by atoms with Gasteiger partial charge in [-0.15, -0.1) is 0 Å². The molecule has 1 atom stereocenters. The summed E-state index contributed by atoms with van der Waals surface area (Å²) in [6.07, 6.45) is 1.09. The summed E-state index contributed by atoms with van der Waals surface area (Å²) in [5.41, 5.74) is -0.105. The van der Waals surface area contributed by atoms with E-state index in [-0.39, 0.29) is 30.5 Å². The number of aliphatic carboxylic acids is 2. The standard InChI is InChI=1S/C12H18O6/c1-4-18-9(3)5-10(12(15)16)7-17-6-8(2)11(13)14/h5,9H,2,4,6-7H2,1,3H3,(H,13,14)(H,15,16). The van der Waals surface area contributed by atoms with Gasteiger partial charge in [0.2, 0.25) is 0 Å². The third-order valence-corrected chi connectivity index (χ3v) is 1.98. The van der Waals surface area contributed by atoms with Gasteiger partial charge in [0.25, 0.3) is 0 Å². The zero-order valence-electron chi connectivity index (χ0n) is 10.5. The first-order chi connectivity index (χ1) is 8.38. The molecule has 6 nitrogen and oxygen atoms in total. The highest BCUT2D eigenvalue weighted by Gasteiger charge is 2.11. The molecule has 0 radical (unpaired) electrons. The minimum Gasteiger partial charge on any atom is -0.478 e. The van der Waals surface area contributed by atoms with E-state index in [4.69, 9.17) is 19.7 Å². The first kappa shape index (κ1) is 16.3. The lowest BCUT2D eigenvalue weighted by Gasteiger charge is -2.09. The molecule has 0 saturated heterocycles. The van der Waals surface area contributed by atoms with Crippen molar-refractivity contribution in [3.63, 3.8) is 0 Å². The van der Waals surface area contributed by atoms with Crippen LogP contribution in [0.2, 0.25) is 0 Å². The second kappa shape index (κ2) is 8.43. The maximum Gasteiger partial charge on any atom is 0.333 e. The molecule has 0 aromatic rings. The zero-order chi connectivity index (χ0) is 14.1. The molecule has 0 aromatic heterocycles. The second-order valence-electron chi connectivity index (χ2n) is 3.56. The van der Waals surface area contributed by atoms with Gasteiger partial charge in [-0.25, -0.2) is 9.59 Å². The Morgan fingerprint density at radius 1 is 1.28 bits per heavy atom. The summed E-state index contributed by atoms with van der Waals surface area (Å²) in [4.78, 5) is 21.3. The molecule has 0 rings (SSSR count). The zero-order valence-corrected chi connectivity index (χ0v) is 10.5. The van der Waals surface area contributed by atoms with Gasteiger partial charge in [-0.3, -0.25) is 0 Å². The molecular weight excluding hydrogens is 240 g/mol. The van der Waals surface area contributed by atoms with E-state index in [1.807, 2.05) is 0 Å². The molecule has 0 aromatic carbocycles. The smallest absolute Gasteiger partial charge is 0.333 e. The van der Waals surface area contributed by atoms with Gasteiger partial charge in [-0.1, -0.05) is 6.58 Å². The Hall–Kier alpha value is -1.66.